The van der Waals surface area contributed by atoms with Crippen LogP contribution in [0, 0.1) is 31.0 Å². The maximum absolute atomic E-state index is 13.8. The van der Waals surface area contributed by atoms with Gasteiger partial charge in [-0.05, 0) is 32.0 Å². The normalized spacial score (nSPS) is 10.2. The van der Waals surface area contributed by atoms with Crippen LogP contribution in [0.3, 0.4) is 0 Å². The number of nitriles is 1. The average Bonchev–Trinajstić information content (AvgIpc) is 2.53. The SMILES string of the molecule is Cc1[nH]c(C)c(-c2ccc(N)cc2F)c1C#N. The number of aromatic nitrogens is 1. The topological polar surface area (TPSA) is 65.6 Å². The van der Waals surface area contributed by atoms with Gasteiger partial charge in [0.15, 0.2) is 0 Å². The summed E-state index contributed by atoms with van der Waals surface area (Å²) in [4.78, 5) is 3.05. The lowest BCUT2D eigenvalue weighted by molar-refractivity contribution is 0.632. The molecule has 3 nitrogen and oxygen atoms in total. The second kappa shape index (κ2) is 3.95. The summed E-state index contributed by atoms with van der Waals surface area (Å²) in [5, 5.41) is 9.10. The van der Waals surface area contributed by atoms with E-state index in [1.165, 1.54) is 6.07 Å². The van der Waals surface area contributed by atoms with Crippen molar-refractivity contribution in [3.63, 3.8) is 0 Å². The lowest BCUT2D eigenvalue weighted by atomic mass is 10.0. The van der Waals surface area contributed by atoms with Gasteiger partial charge in [-0.1, -0.05) is 0 Å². The summed E-state index contributed by atoms with van der Waals surface area (Å²) >= 11 is 0. The molecule has 0 atom stereocenters. The zero-order chi connectivity index (χ0) is 12.6. The van der Waals surface area contributed by atoms with Crippen LogP contribution < -0.4 is 5.73 Å². The van der Waals surface area contributed by atoms with Gasteiger partial charge in [-0.25, -0.2) is 4.39 Å². The molecule has 0 saturated heterocycles. The van der Waals surface area contributed by atoms with E-state index in [-0.39, 0.29) is 0 Å². The molecule has 0 radical (unpaired) electrons. The number of nitrogens with one attached hydrogen (secondary N) is 1. The Morgan fingerprint density at radius 1 is 1.29 bits per heavy atom. The van der Waals surface area contributed by atoms with Gasteiger partial charge in [0.1, 0.15) is 11.9 Å². The first-order chi connectivity index (χ1) is 8.04. The number of aromatic amines is 1. The molecule has 17 heavy (non-hydrogen) atoms. The fourth-order valence-corrected chi connectivity index (χ4v) is 1.99. The molecule has 0 aliphatic heterocycles. The number of nitrogens with zero attached hydrogens (tertiary/aromatic N) is 1. The van der Waals surface area contributed by atoms with Gasteiger partial charge >= 0.3 is 0 Å². The van der Waals surface area contributed by atoms with Gasteiger partial charge in [0.2, 0.25) is 0 Å². The Morgan fingerprint density at radius 3 is 2.59 bits per heavy atom. The summed E-state index contributed by atoms with van der Waals surface area (Å²) in [6.07, 6.45) is 0. The van der Waals surface area contributed by atoms with Crippen molar-refractivity contribution in [3.8, 4) is 17.2 Å². The van der Waals surface area contributed by atoms with Crippen molar-refractivity contribution < 1.29 is 4.39 Å². The Labute approximate surface area is 98.7 Å². The molecule has 0 amide bonds. The van der Waals surface area contributed by atoms with Crippen LogP contribution in [0.2, 0.25) is 0 Å². The van der Waals surface area contributed by atoms with Crippen molar-refractivity contribution in [3.05, 3.63) is 41.0 Å². The fourth-order valence-electron chi connectivity index (χ4n) is 1.99. The summed E-state index contributed by atoms with van der Waals surface area (Å²) in [6, 6.07) is 6.58. The molecule has 2 rings (SSSR count). The first kappa shape index (κ1) is 11.2. The summed E-state index contributed by atoms with van der Waals surface area (Å²) in [5.74, 6) is -0.413. The van der Waals surface area contributed by atoms with Crippen molar-refractivity contribution in [1.82, 2.24) is 4.98 Å². The van der Waals surface area contributed by atoms with E-state index in [0.29, 0.717) is 22.4 Å². The molecule has 2 aromatic rings. The predicted octanol–water partition coefficient (Wildman–Crippen LogP) is 2.89. The molecule has 0 aliphatic carbocycles. The van der Waals surface area contributed by atoms with Crippen LogP contribution in [-0.4, -0.2) is 4.98 Å². The number of benzene rings is 1. The lowest BCUT2D eigenvalue weighted by Gasteiger charge is -2.04. The minimum absolute atomic E-state index is 0.370. The number of halogens is 1. The number of rotatable bonds is 1. The zero-order valence-corrected chi connectivity index (χ0v) is 9.63. The van der Waals surface area contributed by atoms with E-state index < -0.39 is 5.82 Å². The largest absolute Gasteiger partial charge is 0.399 e. The molecule has 3 N–H and O–H groups in total. The molecule has 0 unspecified atom stereocenters. The summed E-state index contributed by atoms with van der Waals surface area (Å²) < 4.78 is 13.8. The average molecular weight is 229 g/mol. The lowest BCUT2D eigenvalue weighted by Crippen LogP contribution is -1.91. The molecular formula is C13H12FN3. The van der Waals surface area contributed by atoms with E-state index >= 15 is 0 Å². The van der Waals surface area contributed by atoms with Crippen LogP contribution in [0.15, 0.2) is 18.2 Å². The third-order valence-corrected chi connectivity index (χ3v) is 2.75. The van der Waals surface area contributed by atoms with Gasteiger partial charge in [0, 0.05) is 28.2 Å². The van der Waals surface area contributed by atoms with Crippen molar-refractivity contribution in [2.45, 2.75) is 13.8 Å². The molecule has 4 heteroatoms. The van der Waals surface area contributed by atoms with Gasteiger partial charge < -0.3 is 10.7 Å². The Balaban J connectivity index is 2.73. The van der Waals surface area contributed by atoms with Gasteiger partial charge in [-0.3, -0.25) is 0 Å². The molecule has 0 bridgehead atoms. The minimum atomic E-state index is -0.413. The van der Waals surface area contributed by atoms with Crippen molar-refractivity contribution in [2.75, 3.05) is 5.73 Å². The fraction of sp³-hybridized carbons (Fsp3) is 0.154. The van der Waals surface area contributed by atoms with Crippen molar-refractivity contribution in [1.29, 1.82) is 5.26 Å². The predicted molar refractivity (Wildman–Crippen MR) is 64.8 cm³/mol. The van der Waals surface area contributed by atoms with Crippen LogP contribution in [0.25, 0.3) is 11.1 Å². The molecule has 0 fully saturated rings. The van der Waals surface area contributed by atoms with E-state index in [2.05, 4.69) is 11.1 Å². The second-order valence-electron chi connectivity index (χ2n) is 3.98. The second-order valence-corrected chi connectivity index (χ2v) is 3.98. The van der Waals surface area contributed by atoms with E-state index in [4.69, 9.17) is 11.0 Å². The van der Waals surface area contributed by atoms with Crippen LogP contribution >= 0.6 is 0 Å². The van der Waals surface area contributed by atoms with E-state index in [1.807, 2.05) is 6.92 Å². The number of nitrogens with two attached hydrogens (primary N) is 1. The molecule has 0 aliphatic rings. The van der Waals surface area contributed by atoms with E-state index in [1.54, 1.807) is 19.1 Å². The number of nitrogen functional groups attached to an aromatic ring is 1. The van der Waals surface area contributed by atoms with Gasteiger partial charge in [0.05, 0.1) is 5.56 Å². The number of hydrogen-bond acceptors (Lipinski definition) is 2. The van der Waals surface area contributed by atoms with Crippen LogP contribution in [0.4, 0.5) is 10.1 Å². The minimum Gasteiger partial charge on any atom is -0.399 e. The van der Waals surface area contributed by atoms with Gasteiger partial charge in [0.25, 0.3) is 0 Å². The Morgan fingerprint density at radius 2 is 2.00 bits per heavy atom. The summed E-state index contributed by atoms with van der Waals surface area (Å²) in [7, 11) is 0. The highest BCUT2D eigenvalue weighted by Crippen LogP contribution is 2.31. The van der Waals surface area contributed by atoms with Crippen LogP contribution in [0.5, 0.6) is 0 Å². The summed E-state index contributed by atoms with van der Waals surface area (Å²) in [5.41, 5.74) is 8.90. The molecule has 86 valence electrons. The first-order valence-corrected chi connectivity index (χ1v) is 5.19. The monoisotopic (exact) mass is 229 g/mol. The Hall–Kier alpha value is -2.28. The summed E-state index contributed by atoms with van der Waals surface area (Å²) in [6.45, 7) is 3.61. The highest BCUT2D eigenvalue weighted by atomic mass is 19.1. The molecule has 0 saturated carbocycles. The molecule has 0 spiro atoms. The third kappa shape index (κ3) is 1.76. The van der Waals surface area contributed by atoms with Gasteiger partial charge in [-0.15, -0.1) is 0 Å². The number of hydrogen-bond donors (Lipinski definition) is 2. The Bertz CT molecular complexity index is 620. The first-order valence-electron chi connectivity index (χ1n) is 5.19. The highest BCUT2D eigenvalue weighted by Gasteiger charge is 2.17. The zero-order valence-electron chi connectivity index (χ0n) is 9.63. The highest BCUT2D eigenvalue weighted by molar-refractivity contribution is 5.76. The molecular weight excluding hydrogens is 217 g/mol. The molecule has 1 heterocycles. The third-order valence-electron chi connectivity index (χ3n) is 2.75. The number of H-pyrrole nitrogens is 1. The van der Waals surface area contributed by atoms with Crippen molar-refractivity contribution in [2.24, 2.45) is 0 Å². The smallest absolute Gasteiger partial charge is 0.133 e. The van der Waals surface area contributed by atoms with E-state index in [0.717, 1.165) is 11.4 Å². The number of aryl methyl sites for hydroxylation is 2. The molecule has 1 aromatic heterocycles. The van der Waals surface area contributed by atoms with Gasteiger partial charge in [-0.2, -0.15) is 5.26 Å². The quantitative estimate of drug-likeness (QED) is 0.738. The Kier molecular flexibility index (Phi) is 2.60. The number of anilines is 1. The standard InChI is InChI=1S/C13H12FN3/c1-7-11(6-15)13(8(2)17-7)10-4-3-9(16)5-12(10)14/h3-5,17H,16H2,1-2H3. The van der Waals surface area contributed by atoms with Crippen molar-refractivity contribution >= 4 is 5.69 Å². The molecule has 1 aromatic carbocycles. The maximum Gasteiger partial charge on any atom is 0.133 e. The maximum atomic E-state index is 13.8. The van der Waals surface area contributed by atoms with Crippen LogP contribution in [-0.2, 0) is 0 Å². The van der Waals surface area contributed by atoms with E-state index in [9.17, 15) is 4.39 Å². The van der Waals surface area contributed by atoms with Crippen LogP contribution in [0.1, 0.15) is 17.0 Å².